The van der Waals surface area contributed by atoms with Crippen molar-refractivity contribution in [3.05, 3.63) is 88.0 Å². The number of nitrogens with zero attached hydrogens (tertiary/aromatic N) is 2. The largest absolute Gasteiger partial charge is 0.459 e. The van der Waals surface area contributed by atoms with Crippen LogP contribution in [0.25, 0.3) is 5.69 Å². The van der Waals surface area contributed by atoms with Gasteiger partial charge in [0, 0.05) is 43.6 Å². The molecule has 0 saturated carbocycles. The van der Waals surface area contributed by atoms with E-state index in [1.54, 1.807) is 39.7 Å². The maximum Gasteiger partial charge on any atom is 0.286 e. The van der Waals surface area contributed by atoms with Crippen LogP contribution < -0.4 is 21.9 Å². The third kappa shape index (κ3) is 8.37. The van der Waals surface area contributed by atoms with E-state index in [4.69, 9.17) is 25.1 Å². The van der Waals surface area contributed by atoms with E-state index in [1.165, 1.54) is 0 Å². The van der Waals surface area contributed by atoms with Crippen molar-refractivity contribution < 1.29 is 28.9 Å². The summed E-state index contributed by atoms with van der Waals surface area (Å²) in [6, 6.07) is 16.4. The summed E-state index contributed by atoms with van der Waals surface area (Å²) in [5.74, 6) is -0.963. The van der Waals surface area contributed by atoms with Gasteiger partial charge in [0.2, 0.25) is 12.2 Å². The second kappa shape index (κ2) is 15.9. The van der Waals surface area contributed by atoms with Crippen molar-refractivity contribution in [3.63, 3.8) is 0 Å². The lowest BCUT2D eigenvalue weighted by Crippen LogP contribution is -2.34. The van der Waals surface area contributed by atoms with Crippen LogP contribution in [0.3, 0.4) is 0 Å². The summed E-state index contributed by atoms with van der Waals surface area (Å²) < 4.78 is 20.5. The summed E-state index contributed by atoms with van der Waals surface area (Å²) in [5, 5.41) is 14.6. The van der Waals surface area contributed by atoms with Gasteiger partial charge in [-0.2, -0.15) is 0 Å². The molecule has 1 aliphatic heterocycles. The number of hydrogen-bond acceptors (Lipinski definition) is 8. The molecular formula is C32H41N5O7. The molecule has 0 aliphatic carbocycles. The van der Waals surface area contributed by atoms with Crippen molar-refractivity contribution in [2.24, 2.45) is 7.05 Å². The highest BCUT2D eigenvalue weighted by Crippen LogP contribution is 2.32. The number of ether oxygens (including phenoxy) is 3. The zero-order valence-corrected chi connectivity index (χ0v) is 25.2. The second-order valence-electron chi connectivity index (χ2n) is 10.5. The molecule has 0 radical (unpaired) electrons. The Morgan fingerprint density at radius 1 is 1.07 bits per heavy atom. The zero-order chi connectivity index (χ0) is 31.5. The van der Waals surface area contributed by atoms with Gasteiger partial charge < -0.3 is 35.7 Å². The number of benzene rings is 2. The molecule has 1 aromatic heterocycles. The number of para-hydroxylation sites is 3. The van der Waals surface area contributed by atoms with E-state index in [2.05, 4.69) is 10.6 Å². The number of carbonyl (C=O) groups excluding carboxylic acids is 2. The summed E-state index contributed by atoms with van der Waals surface area (Å²) in [7, 11) is 1.82. The molecule has 2 aromatic carbocycles. The van der Waals surface area contributed by atoms with E-state index in [9.17, 15) is 14.4 Å². The summed E-state index contributed by atoms with van der Waals surface area (Å²) in [4.78, 5) is 39.2. The lowest BCUT2D eigenvalue weighted by Gasteiger charge is -2.29. The maximum atomic E-state index is 13.7. The quantitative estimate of drug-likeness (QED) is 0.152. The Hall–Kier alpha value is -4.39. The molecule has 4 rings (SSSR count). The molecule has 5 N–H and O–H groups in total. The molecule has 2 heterocycles. The van der Waals surface area contributed by atoms with Gasteiger partial charge in [-0.05, 0) is 50.1 Å². The van der Waals surface area contributed by atoms with Crippen LogP contribution in [0.2, 0.25) is 0 Å². The highest BCUT2D eigenvalue weighted by Gasteiger charge is 2.33. The number of unbranched alkanes of at least 4 members (excludes halogenated alkanes) is 1. The summed E-state index contributed by atoms with van der Waals surface area (Å²) in [5.41, 5.74) is 8.82. The fourth-order valence-electron chi connectivity index (χ4n) is 5.06. The number of hydrogen-bond donors (Lipinski definition) is 4. The number of aromatic nitrogens is 2. The van der Waals surface area contributed by atoms with E-state index < -0.39 is 18.1 Å². The van der Waals surface area contributed by atoms with Gasteiger partial charge in [0.05, 0.1) is 43.5 Å². The van der Waals surface area contributed by atoms with Gasteiger partial charge in [0.25, 0.3) is 11.5 Å². The molecule has 2 amide bonds. The zero-order valence-electron chi connectivity index (χ0n) is 25.2. The highest BCUT2D eigenvalue weighted by molar-refractivity contribution is 5.93. The van der Waals surface area contributed by atoms with Crippen LogP contribution in [0.5, 0.6) is 0 Å². The molecule has 0 fully saturated rings. The third-order valence-corrected chi connectivity index (χ3v) is 7.37. The van der Waals surface area contributed by atoms with Gasteiger partial charge >= 0.3 is 0 Å². The molecule has 0 bridgehead atoms. The standard InChI is InChI=1S/C32H41N5O7/c1-22-30(32(41)37(36(22)2)24-10-4-3-5-11-24)23-20-27(44-29(21-23)43-19-18-42-17-16-38)31(40)34-15-9-8-14-28(39)35-26-13-7-6-12-25(26)33/h3-7,10-13,20,23,29,38H,8-9,14-19,21,33H2,1-2H3,(H,34,40)(H,35,39)/t23-,29?/m0/s1. The summed E-state index contributed by atoms with van der Waals surface area (Å²) >= 11 is 0. The monoisotopic (exact) mass is 607 g/mol. The fourth-order valence-corrected chi connectivity index (χ4v) is 5.06. The molecule has 0 spiro atoms. The minimum atomic E-state index is -0.790. The van der Waals surface area contributed by atoms with Crippen LogP contribution in [-0.2, 0) is 30.8 Å². The minimum Gasteiger partial charge on any atom is -0.459 e. The summed E-state index contributed by atoms with van der Waals surface area (Å²) in [6.45, 7) is 2.73. The topological polar surface area (TPSA) is 159 Å². The first-order valence-corrected chi connectivity index (χ1v) is 14.7. The molecule has 12 nitrogen and oxygen atoms in total. The Morgan fingerprint density at radius 3 is 2.57 bits per heavy atom. The van der Waals surface area contributed by atoms with Crippen LogP contribution in [-0.4, -0.2) is 65.5 Å². The predicted molar refractivity (Wildman–Crippen MR) is 166 cm³/mol. The number of anilines is 2. The van der Waals surface area contributed by atoms with Crippen molar-refractivity contribution in [1.29, 1.82) is 0 Å². The number of carbonyl (C=O) groups is 2. The van der Waals surface area contributed by atoms with Crippen molar-refractivity contribution in [2.75, 3.05) is 44.0 Å². The first-order valence-electron chi connectivity index (χ1n) is 14.7. The normalized spacial score (nSPS) is 16.2. The number of aliphatic hydroxyl groups excluding tert-OH is 1. The molecule has 1 unspecified atom stereocenters. The minimum absolute atomic E-state index is 0.0636. The van der Waals surface area contributed by atoms with Crippen molar-refractivity contribution in [1.82, 2.24) is 14.7 Å². The maximum absolute atomic E-state index is 13.7. The predicted octanol–water partition coefficient (Wildman–Crippen LogP) is 2.73. The first-order chi connectivity index (χ1) is 21.3. The van der Waals surface area contributed by atoms with Gasteiger partial charge in [-0.1, -0.05) is 30.3 Å². The van der Waals surface area contributed by atoms with E-state index in [0.717, 1.165) is 11.4 Å². The van der Waals surface area contributed by atoms with E-state index in [-0.39, 0.29) is 50.1 Å². The molecule has 44 heavy (non-hydrogen) atoms. The van der Waals surface area contributed by atoms with Crippen molar-refractivity contribution in [3.8, 4) is 5.69 Å². The Morgan fingerprint density at radius 2 is 1.82 bits per heavy atom. The second-order valence-corrected chi connectivity index (χ2v) is 10.5. The Balaban J connectivity index is 1.41. The van der Waals surface area contributed by atoms with Crippen molar-refractivity contribution in [2.45, 2.75) is 44.8 Å². The number of nitrogens with one attached hydrogen (secondary N) is 2. The molecular weight excluding hydrogens is 566 g/mol. The van der Waals surface area contributed by atoms with Crippen LogP contribution in [0, 0.1) is 6.92 Å². The molecule has 12 heteroatoms. The summed E-state index contributed by atoms with van der Waals surface area (Å²) in [6.07, 6.45) is 2.62. The molecule has 0 saturated heterocycles. The number of rotatable bonds is 15. The van der Waals surface area contributed by atoms with Gasteiger partial charge in [-0.25, -0.2) is 4.68 Å². The third-order valence-electron chi connectivity index (χ3n) is 7.37. The number of nitrogen functional groups attached to an aromatic ring is 1. The lowest BCUT2D eigenvalue weighted by molar-refractivity contribution is -0.151. The highest BCUT2D eigenvalue weighted by atomic mass is 16.7. The Kier molecular flexibility index (Phi) is 11.8. The Labute approximate surface area is 256 Å². The number of nitrogens with two attached hydrogens (primary N) is 1. The number of aliphatic hydroxyl groups is 1. The lowest BCUT2D eigenvalue weighted by atomic mass is 9.93. The molecule has 2 atom stereocenters. The molecule has 236 valence electrons. The van der Waals surface area contributed by atoms with E-state index in [1.807, 2.05) is 44.3 Å². The van der Waals surface area contributed by atoms with Crippen LogP contribution in [0.15, 0.2) is 71.2 Å². The van der Waals surface area contributed by atoms with Crippen LogP contribution >= 0.6 is 0 Å². The average molecular weight is 608 g/mol. The van der Waals surface area contributed by atoms with E-state index >= 15 is 0 Å². The van der Waals surface area contributed by atoms with E-state index in [0.29, 0.717) is 42.7 Å². The fraction of sp³-hybridized carbons (Fsp3) is 0.406. The van der Waals surface area contributed by atoms with Gasteiger partial charge in [-0.15, -0.1) is 0 Å². The first kappa shape index (κ1) is 32.5. The SMILES string of the molecule is Cc1c([C@H]2C=C(C(=O)NCCCCC(=O)Nc3ccccc3N)OC(OCCOCCO)C2)c(=O)n(-c2ccccc2)n1C. The van der Waals surface area contributed by atoms with Gasteiger partial charge in [0.15, 0.2) is 5.76 Å². The van der Waals surface area contributed by atoms with Crippen LogP contribution in [0.4, 0.5) is 11.4 Å². The molecule has 1 aliphatic rings. The van der Waals surface area contributed by atoms with Gasteiger partial charge in [0.1, 0.15) is 0 Å². The van der Waals surface area contributed by atoms with Crippen LogP contribution in [0.1, 0.15) is 42.9 Å². The van der Waals surface area contributed by atoms with Crippen molar-refractivity contribution >= 4 is 23.2 Å². The average Bonchev–Trinajstić information content (AvgIpc) is 3.25. The smallest absolute Gasteiger partial charge is 0.286 e. The molecule has 3 aromatic rings. The number of allylic oxidation sites excluding steroid dienone is 1. The van der Waals surface area contributed by atoms with Gasteiger partial charge in [-0.3, -0.25) is 19.1 Å². The Bertz CT molecular complexity index is 1500. The number of amides is 2.